The minimum Gasteiger partial charge on any atom is -2.00 e. The Kier molecular flexibility index (Phi) is 175. The molecule has 0 saturated heterocycles. The Bertz CT molecular complexity index is 42.5. The minimum absolute atomic E-state index is 0. The molecule has 0 atom stereocenters. The van der Waals surface area contributed by atoms with Gasteiger partial charge in [-0.15, -0.1) is 0 Å². The van der Waals surface area contributed by atoms with Crippen LogP contribution < -0.4 is 0 Å². The van der Waals surface area contributed by atoms with Crippen molar-refractivity contribution >= 4 is 0 Å². The molecule has 0 bridgehead atoms. The number of aliphatic hydroxyl groups is 2. The predicted molar refractivity (Wildman–Crippen MR) is 40.0 cm³/mol. The summed E-state index contributed by atoms with van der Waals surface area (Å²) < 4.78 is 8.88. The number of ether oxygens (including phenoxy) is 2. The van der Waals surface area contributed by atoms with Crippen molar-refractivity contribution in [2.45, 2.75) is 0 Å². The van der Waals surface area contributed by atoms with Gasteiger partial charge in [-0.1, -0.05) is 0 Å². The molecule has 0 saturated carbocycles. The molecular weight excluding hydrogens is 280 g/mol. The van der Waals surface area contributed by atoms with Gasteiger partial charge in [-0.25, -0.2) is 0 Å². The van der Waals surface area contributed by atoms with Gasteiger partial charge in [-0.05, 0) is 0 Å². The van der Waals surface area contributed by atoms with Crippen molar-refractivity contribution < 1.29 is 79.6 Å². The Labute approximate surface area is 120 Å². The van der Waals surface area contributed by atoms with Crippen molar-refractivity contribution in [1.82, 2.24) is 0 Å². The smallest absolute Gasteiger partial charge is 2.00 e. The molecule has 0 rings (SSSR count). The Hall–Kier alpha value is 1.15. The van der Waals surface area contributed by atoms with Crippen LogP contribution in [0.4, 0.5) is 0 Å². The molecule has 9 heteroatoms. The molecule has 0 aromatic rings. The van der Waals surface area contributed by atoms with Gasteiger partial charge in [0, 0.05) is 14.2 Å². The number of hydrogen-bond acceptors (Lipinski definition) is 4. The molecule has 0 aliphatic carbocycles. The van der Waals surface area contributed by atoms with Crippen molar-refractivity contribution in [3.8, 4) is 0 Å². The van der Waals surface area contributed by atoms with E-state index in [-0.39, 0.29) is 73.1 Å². The van der Waals surface area contributed by atoms with Crippen LogP contribution >= 0.6 is 0 Å². The van der Waals surface area contributed by atoms with Crippen molar-refractivity contribution in [2.75, 3.05) is 40.6 Å². The number of rotatable bonds is 4. The van der Waals surface area contributed by atoms with Crippen LogP contribution in [0.15, 0.2) is 0 Å². The summed E-state index contributed by atoms with van der Waals surface area (Å²) in [4.78, 5) is 0. The monoisotopic (exact) mass is 296 g/mol. The van der Waals surface area contributed by atoms with Crippen LogP contribution in [0, 0.1) is 0 Å². The maximum atomic E-state index is 7.94. The Morgan fingerprint density at radius 2 is 0.933 bits per heavy atom. The maximum Gasteiger partial charge on any atom is 3.00 e. The maximum absolute atomic E-state index is 7.94. The molecule has 90 valence electrons. The molecule has 0 aliphatic rings. The number of methoxy groups -OCH3 is 2. The molecule has 0 aromatic carbocycles. The van der Waals surface area contributed by atoms with Crippen molar-refractivity contribution in [1.29, 1.82) is 0 Å². The van der Waals surface area contributed by atoms with Gasteiger partial charge in [0.05, 0.1) is 26.4 Å². The molecule has 0 aromatic heterocycles. The molecule has 0 amide bonds. The van der Waals surface area contributed by atoms with E-state index in [4.69, 9.17) is 10.2 Å². The molecule has 2 N–H and O–H groups in total. The zero-order valence-electron chi connectivity index (χ0n) is 8.76. The van der Waals surface area contributed by atoms with E-state index in [0.717, 1.165) is 0 Å². The van der Waals surface area contributed by atoms with Crippen LogP contribution in [-0.2, 0) is 69.3 Å². The summed E-state index contributed by atoms with van der Waals surface area (Å²) in [6, 6.07) is 0. The summed E-state index contributed by atoms with van der Waals surface area (Å²) in [6.07, 6.45) is 0. The summed E-state index contributed by atoms with van der Waals surface area (Å²) in [5.74, 6) is 0. The standard InChI is InChI=1S/2C3H8O2.3O.2Ti/c2*1-5-3-2-4;;;;;/h2*4H,2-3H2,1H3;;;;;/q;;3*-2;2*+3. The second kappa shape index (κ2) is 59.3. The van der Waals surface area contributed by atoms with E-state index >= 15 is 0 Å². The second-order valence-corrected chi connectivity index (χ2v) is 1.43. The Morgan fingerprint density at radius 1 is 0.733 bits per heavy atom. The van der Waals surface area contributed by atoms with E-state index in [9.17, 15) is 0 Å². The van der Waals surface area contributed by atoms with E-state index in [0.29, 0.717) is 13.2 Å². The zero-order chi connectivity index (χ0) is 8.24. The zero-order valence-corrected chi connectivity index (χ0v) is 11.9. The van der Waals surface area contributed by atoms with Crippen molar-refractivity contribution in [2.24, 2.45) is 0 Å². The van der Waals surface area contributed by atoms with Gasteiger partial charge >= 0.3 is 43.4 Å². The fraction of sp³-hybridized carbons (Fsp3) is 1.00. The molecule has 0 heterocycles. The normalized spacial score (nSPS) is 5.60. The Balaban J connectivity index is -0.0000000128. The minimum atomic E-state index is 0. The van der Waals surface area contributed by atoms with Crippen molar-refractivity contribution in [3.63, 3.8) is 0 Å². The van der Waals surface area contributed by atoms with E-state index < -0.39 is 0 Å². The molecule has 7 nitrogen and oxygen atoms in total. The van der Waals surface area contributed by atoms with Gasteiger partial charge in [-0.3, -0.25) is 0 Å². The summed E-state index contributed by atoms with van der Waals surface area (Å²) in [5, 5.41) is 15.9. The molecule has 2 radical (unpaired) electrons. The summed E-state index contributed by atoms with van der Waals surface area (Å²) >= 11 is 0. The van der Waals surface area contributed by atoms with Crippen LogP contribution in [0.25, 0.3) is 0 Å². The van der Waals surface area contributed by atoms with Crippen LogP contribution in [0.1, 0.15) is 0 Å². The van der Waals surface area contributed by atoms with E-state index in [1.807, 2.05) is 0 Å². The predicted octanol–water partition coefficient (Wildman–Crippen LogP) is -1.11. The largest absolute Gasteiger partial charge is 3.00 e. The van der Waals surface area contributed by atoms with Gasteiger partial charge in [0.15, 0.2) is 0 Å². The molecule has 0 spiro atoms. The first-order chi connectivity index (χ1) is 4.83. The SMILES string of the molecule is COCCO.COCCO.[O-2].[O-2].[O-2].[Ti+3].[Ti+3]. The first-order valence-electron chi connectivity index (χ1n) is 3.03. The summed E-state index contributed by atoms with van der Waals surface area (Å²) in [5.41, 5.74) is 0. The average molecular weight is 296 g/mol. The van der Waals surface area contributed by atoms with Crippen LogP contribution in [0.5, 0.6) is 0 Å². The Morgan fingerprint density at radius 3 is 0.933 bits per heavy atom. The van der Waals surface area contributed by atoms with E-state index in [1.165, 1.54) is 0 Å². The van der Waals surface area contributed by atoms with E-state index in [1.54, 1.807) is 14.2 Å². The quantitative estimate of drug-likeness (QED) is 0.633. The van der Waals surface area contributed by atoms with Crippen LogP contribution in [-0.4, -0.2) is 50.9 Å². The molecule has 15 heavy (non-hydrogen) atoms. The van der Waals surface area contributed by atoms with Gasteiger partial charge in [-0.2, -0.15) is 0 Å². The molecule has 0 unspecified atom stereocenters. The van der Waals surface area contributed by atoms with Gasteiger partial charge in [0.25, 0.3) is 0 Å². The average Bonchev–Trinajstić information content (AvgIpc) is 1.93. The van der Waals surface area contributed by atoms with Gasteiger partial charge in [0.1, 0.15) is 0 Å². The third-order valence-corrected chi connectivity index (χ3v) is 0.591. The van der Waals surface area contributed by atoms with E-state index in [2.05, 4.69) is 9.47 Å². The third-order valence-electron chi connectivity index (χ3n) is 0.591. The summed E-state index contributed by atoms with van der Waals surface area (Å²) in [6.45, 7) is 1.13. The third kappa shape index (κ3) is 98.8. The van der Waals surface area contributed by atoms with Gasteiger partial charge < -0.3 is 36.1 Å². The van der Waals surface area contributed by atoms with Gasteiger partial charge in [0.2, 0.25) is 0 Å². The van der Waals surface area contributed by atoms with Crippen LogP contribution in [0.3, 0.4) is 0 Å². The fourth-order valence-corrected chi connectivity index (χ4v) is 0.183. The first-order valence-corrected chi connectivity index (χ1v) is 3.03. The topological polar surface area (TPSA) is 144 Å². The van der Waals surface area contributed by atoms with Crippen LogP contribution in [0.2, 0.25) is 0 Å². The first kappa shape index (κ1) is 44.3. The molecule has 0 fully saturated rings. The second-order valence-electron chi connectivity index (χ2n) is 1.43. The fourth-order valence-electron chi connectivity index (χ4n) is 0.183. The summed E-state index contributed by atoms with van der Waals surface area (Å²) in [7, 11) is 3.10. The number of hydrogen-bond donors (Lipinski definition) is 2. The molecular formula is C6H16O7Ti2. The number of aliphatic hydroxyl groups excluding tert-OH is 2. The molecule has 0 aliphatic heterocycles. The van der Waals surface area contributed by atoms with Crippen molar-refractivity contribution in [3.05, 3.63) is 0 Å².